The number of hydrogen-bond acceptors (Lipinski definition) is 3. The SMILES string of the molecule is Cc1ccc2n[nH]c(=O)n2n1. The molecule has 0 aliphatic rings. The summed E-state index contributed by atoms with van der Waals surface area (Å²) in [5.41, 5.74) is 1.03. The van der Waals surface area contributed by atoms with Crippen molar-refractivity contribution in [3.8, 4) is 0 Å². The van der Waals surface area contributed by atoms with Crippen LogP contribution in [0, 0.1) is 6.92 Å². The molecular formula is C6H6N4O. The van der Waals surface area contributed by atoms with E-state index in [1.54, 1.807) is 12.1 Å². The second kappa shape index (κ2) is 1.91. The largest absolute Gasteiger partial charge is 0.364 e. The van der Waals surface area contributed by atoms with Gasteiger partial charge in [-0.1, -0.05) is 0 Å². The molecule has 56 valence electrons. The van der Waals surface area contributed by atoms with Crippen molar-refractivity contribution in [2.24, 2.45) is 0 Å². The molecule has 2 rings (SSSR count). The molecule has 5 heteroatoms. The van der Waals surface area contributed by atoms with Crippen LogP contribution in [0.1, 0.15) is 5.69 Å². The minimum Gasteiger partial charge on any atom is -0.244 e. The Morgan fingerprint density at radius 3 is 3.18 bits per heavy atom. The molecule has 0 unspecified atom stereocenters. The summed E-state index contributed by atoms with van der Waals surface area (Å²) in [6.07, 6.45) is 0. The summed E-state index contributed by atoms with van der Waals surface area (Å²) in [6, 6.07) is 3.54. The third-order valence-corrected chi connectivity index (χ3v) is 1.41. The molecule has 0 radical (unpaired) electrons. The first-order chi connectivity index (χ1) is 5.27. The van der Waals surface area contributed by atoms with E-state index in [0.29, 0.717) is 5.65 Å². The highest BCUT2D eigenvalue weighted by molar-refractivity contribution is 5.34. The Morgan fingerprint density at radius 1 is 1.55 bits per heavy atom. The number of nitrogens with zero attached hydrogens (tertiary/aromatic N) is 3. The fourth-order valence-electron chi connectivity index (χ4n) is 0.895. The molecule has 2 heterocycles. The number of nitrogens with one attached hydrogen (secondary N) is 1. The second-order valence-electron chi connectivity index (χ2n) is 2.27. The molecule has 0 saturated carbocycles. The van der Waals surface area contributed by atoms with E-state index in [2.05, 4.69) is 15.3 Å². The Bertz CT molecular complexity index is 441. The van der Waals surface area contributed by atoms with E-state index in [4.69, 9.17) is 0 Å². The van der Waals surface area contributed by atoms with Gasteiger partial charge in [-0.3, -0.25) is 0 Å². The number of rotatable bonds is 0. The molecule has 5 nitrogen and oxygen atoms in total. The van der Waals surface area contributed by atoms with Crippen molar-refractivity contribution in [1.82, 2.24) is 19.8 Å². The summed E-state index contributed by atoms with van der Waals surface area (Å²) in [7, 11) is 0. The van der Waals surface area contributed by atoms with E-state index in [9.17, 15) is 4.79 Å². The van der Waals surface area contributed by atoms with E-state index in [1.807, 2.05) is 6.92 Å². The van der Waals surface area contributed by atoms with Gasteiger partial charge in [0.25, 0.3) is 0 Å². The van der Waals surface area contributed by atoms with Gasteiger partial charge in [-0.25, -0.2) is 9.89 Å². The third kappa shape index (κ3) is 0.813. The highest BCUT2D eigenvalue weighted by atomic mass is 16.2. The molecule has 0 aliphatic carbocycles. The molecule has 0 bridgehead atoms. The third-order valence-electron chi connectivity index (χ3n) is 1.41. The average molecular weight is 150 g/mol. The number of aryl methyl sites for hydroxylation is 1. The van der Waals surface area contributed by atoms with Gasteiger partial charge >= 0.3 is 5.69 Å². The van der Waals surface area contributed by atoms with Gasteiger partial charge in [0.05, 0.1) is 5.69 Å². The topological polar surface area (TPSA) is 63.0 Å². The van der Waals surface area contributed by atoms with Crippen LogP contribution in [0.2, 0.25) is 0 Å². The van der Waals surface area contributed by atoms with Crippen LogP contribution in [0.15, 0.2) is 16.9 Å². The number of fused-ring (bicyclic) bond motifs is 1. The predicted molar refractivity (Wildman–Crippen MR) is 38.3 cm³/mol. The molecular weight excluding hydrogens is 144 g/mol. The average Bonchev–Trinajstić information content (AvgIpc) is 2.33. The first-order valence-electron chi connectivity index (χ1n) is 3.18. The summed E-state index contributed by atoms with van der Waals surface area (Å²) in [5.74, 6) is 0. The number of H-pyrrole nitrogens is 1. The first kappa shape index (κ1) is 6.09. The van der Waals surface area contributed by atoms with Crippen molar-refractivity contribution < 1.29 is 0 Å². The predicted octanol–water partition coefficient (Wildman–Crippen LogP) is -0.274. The summed E-state index contributed by atoms with van der Waals surface area (Å²) in [5, 5.41) is 9.97. The van der Waals surface area contributed by atoms with Crippen LogP contribution in [-0.2, 0) is 0 Å². The minimum atomic E-state index is -0.302. The van der Waals surface area contributed by atoms with Crippen LogP contribution in [0.25, 0.3) is 5.65 Å². The molecule has 0 amide bonds. The standard InChI is InChI=1S/C6H6N4O/c1-4-2-3-5-7-8-6(11)10(5)9-4/h2-3H,1H3,(H,8,11). The van der Waals surface area contributed by atoms with Crippen molar-refractivity contribution in [3.05, 3.63) is 28.3 Å². The number of aromatic nitrogens is 4. The van der Waals surface area contributed by atoms with Crippen molar-refractivity contribution >= 4 is 5.65 Å². The van der Waals surface area contributed by atoms with Crippen molar-refractivity contribution in [2.75, 3.05) is 0 Å². The van der Waals surface area contributed by atoms with Gasteiger partial charge in [-0.15, -0.1) is 0 Å². The zero-order valence-electron chi connectivity index (χ0n) is 5.90. The molecule has 0 aliphatic heterocycles. The van der Waals surface area contributed by atoms with Gasteiger partial charge < -0.3 is 0 Å². The van der Waals surface area contributed by atoms with E-state index in [1.165, 1.54) is 4.52 Å². The summed E-state index contributed by atoms with van der Waals surface area (Å²) in [4.78, 5) is 10.9. The van der Waals surface area contributed by atoms with E-state index in [-0.39, 0.29) is 5.69 Å². The monoisotopic (exact) mass is 150 g/mol. The zero-order valence-corrected chi connectivity index (χ0v) is 5.90. The summed E-state index contributed by atoms with van der Waals surface area (Å²) < 4.78 is 1.23. The van der Waals surface area contributed by atoms with Gasteiger partial charge in [-0.05, 0) is 19.1 Å². The van der Waals surface area contributed by atoms with E-state index in [0.717, 1.165) is 5.69 Å². The Kier molecular flexibility index (Phi) is 1.06. The second-order valence-corrected chi connectivity index (χ2v) is 2.27. The lowest BCUT2D eigenvalue weighted by Crippen LogP contribution is -2.12. The van der Waals surface area contributed by atoms with Gasteiger partial charge in [0.1, 0.15) is 0 Å². The Hall–Kier alpha value is -1.65. The minimum absolute atomic E-state index is 0.302. The normalized spacial score (nSPS) is 10.6. The van der Waals surface area contributed by atoms with Gasteiger partial charge in [0.15, 0.2) is 5.65 Å². The van der Waals surface area contributed by atoms with Crippen LogP contribution < -0.4 is 5.69 Å². The Balaban J connectivity index is 2.99. The van der Waals surface area contributed by atoms with Crippen LogP contribution in [0.5, 0.6) is 0 Å². The molecule has 1 N–H and O–H groups in total. The van der Waals surface area contributed by atoms with E-state index >= 15 is 0 Å². The maximum absolute atomic E-state index is 10.9. The quantitative estimate of drug-likeness (QED) is 0.562. The number of hydrogen-bond donors (Lipinski definition) is 1. The summed E-state index contributed by atoms with van der Waals surface area (Å²) in [6.45, 7) is 1.82. The van der Waals surface area contributed by atoms with Crippen molar-refractivity contribution in [1.29, 1.82) is 0 Å². The highest BCUT2D eigenvalue weighted by Crippen LogP contribution is 1.93. The first-order valence-corrected chi connectivity index (χ1v) is 3.18. The highest BCUT2D eigenvalue weighted by Gasteiger charge is 1.98. The molecule has 2 aromatic heterocycles. The van der Waals surface area contributed by atoms with Gasteiger partial charge in [0.2, 0.25) is 0 Å². The van der Waals surface area contributed by atoms with Crippen LogP contribution >= 0.6 is 0 Å². The number of aromatic amines is 1. The van der Waals surface area contributed by atoms with Crippen LogP contribution in [0.3, 0.4) is 0 Å². The summed E-state index contributed by atoms with van der Waals surface area (Å²) >= 11 is 0. The molecule has 11 heavy (non-hydrogen) atoms. The lowest BCUT2D eigenvalue weighted by Gasteiger charge is -1.89. The molecule has 0 aromatic carbocycles. The fourth-order valence-corrected chi connectivity index (χ4v) is 0.895. The van der Waals surface area contributed by atoms with Crippen molar-refractivity contribution in [2.45, 2.75) is 6.92 Å². The maximum atomic E-state index is 10.9. The lowest BCUT2D eigenvalue weighted by molar-refractivity contribution is 0.854. The molecule has 0 spiro atoms. The van der Waals surface area contributed by atoms with Crippen molar-refractivity contribution in [3.63, 3.8) is 0 Å². The van der Waals surface area contributed by atoms with E-state index < -0.39 is 0 Å². The molecule has 0 atom stereocenters. The molecule has 2 aromatic rings. The Labute approximate surface area is 61.7 Å². The fraction of sp³-hybridized carbons (Fsp3) is 0.167. The van der Waals surface area contributed by atoms with Gasteiger partial charge in [0, 0.05) is 0 Å². The van der Waals surface area contributed by atoms with Gasteiger partial charge in [-0.2, -0.15) is 14.7 Å². The Morgan fingerprint density at radius 2 is 2.36 bits per heavy atom. The molecule has 0 fully saturated rings. The lowest BCUT2D eigenvalue weighted by atomic mass is 10.4. The zero-order chi connectivity index (χ0) is 7.84. The molecule has 0 saturated heterocycles. The maximum Gasteiger partial charge on any atom is 0.364 e. The smallest absolute Gasteiger partial charge is 0.244 e. The van der Waals surface area contributed by atoms with Crippen LogP contribution in [0.4, 0.5) is 0 Å². The van der Waals surface area contributed by atoms with Crippen LogP contribution in [-0.4, -0.2) is 19.8 Å².